The first kappa shape index (κ1) is 15.4. The minimum atomic E-state index is -4.81. The van der Waals surface area contributed by atoms with E-state index in [1.165, 1.54) is 30.5 Å². The summed E-state index contributed by atoms with van der Waals surface area (Å²) in [6.07, 6.45) is -3.02. The van der Waals surface area contributed by atoms with E-state index in [2.05, 4.69) is 9.84 Å². The highest BCUT2D eigenvalue weighted by Gasteiger charge is 2.33. The Morgan fingerprint density at radius 2 is 1.90 bits per heavy atom. The molecule has 2 aromatic rings. The molecule has 1 atom stereocenters. The zero-order valence-corrected chi connectivity index (χ0v) is 11.5. The maximum Gasteiger partial charge on any atom is 0.573 e. The number of alkyl halides is 3. The van der Waals surface area contributed by atoms with Crippen molar-refractivity contribution in [2.24, 2.45) is 0 Å². The van der Waals surface area contributed by atoms with E-state index in [-0.39, 0.29) is 11.6 Å². The zero-order chi connectivity index (χ0) is 15.6. The lowest BCUT2D eigenvalue weighted by atomic mass is 10.0. The van der Waals surface area contributed by atoms with Crippen molar-refractivity contribution < 1.29 is 23.0 Å². The Balaban J connectivity index is 2.32. The van der Waals surface area contributed by atoms with E-state index in [0.29, 0.717) is 5.56 Å². The third-order valence-electron chi connectivity index (χ3n) is 2.91. The lowest BCUT2D eigenvalue weighted by Crippen LogP contribution is -2.18. The first-order chi connectivity index (χ1) is 9.78. The van der Waals surface area contributed by atoms with Gasteiger partial charge in [-0.2, -0.15) is 5.10 Å². The number of aromatic nitrogens is 2. The van der Waals surface area contributed by atoms with Gasteiger partial charge in [0, 0.05) is 23.4 Å². The second-order valence-electron chi connectivity index (χ2n) is 4.84. The highest BCUT2D eigenvalue weighted by atomic mass is 19.4. The number of para-hydroxylation sites is 1. The Bertz CT molecular complexity index is 608. The normalized spacial score (nSPS) is 13.5. The summed E-state index contributed by atoms with van der Waals surface area (Å²) in [6.45, 7) is 3.81. The van der Waals surface area contributed by atoms with Crippen LogP contribution in [0.2, 0.25) is 0 Å². The van der Waals surface area contributed by atoms with E-state index in [4.69, 9.17) is 0 Å². The SMILES string of the molecule is CC(C)n1cc(C(O)c2ccccc2OC(F)(F)F)cn1. The van der Waals surface area contributed by atoms with Gasteiger partial charge in [-0.25, -0.2) is 0 Å². The van der Waals surface area contributed by atoms with Crippen LogP contribution < -0.4 is 4.74 Å². The van der Waals surface area contributed by atoms with Crippen molar-refractivity contribution in [1.29, 1.82) is 0 Å². The molecule has 0 saturated carbocycles. The molecule has 1 aromatic heterocycles. The van der Waals surface area contributed by atoms with Gasteiger partial charge >= 0.3 is 6.36 Å². The molecule has 0 saturated heterocycles. The number of nitrogens with zero attached hydrogens (tertiary/aromatic N) is 2. The number of ether oxygens (including phenoxy) is 1. The van der Waals surface area contributed by atoms with Gasteiger partial charge in [0.1, 0.15) is 11.9 Å². The van der Waals surface area contributed by atoms with Crippen molar-refractivity contribution >= 4 is 0 Å². The standard InChI is InChI=1S/C14H15F3N2O2/c1-9(2)19-8-10(7-18-19)13(20)11-5-3-4-6-12(11)21-14(15,16)17/h3-9,13,20H,1-2H3. The molecule has 114 valence electrons. The molecule has 21 heavy (non-hydrogen) atoms. The number of halogens is 3. The summed E-state index contributed by atoms with van der Waals surface area (Å²) >= 11 is 0. The van der Waals surface area contributed by atoms with Crippen molar-refractivity contribution in [1.82, 2.24) is 9.78 Å². The van der Waals surface area contributed by atoms with Crippen LogP contribution in [0.3, 0.4) is 0 Å². The number of aliphatic hydroxyl groups is 1. The monoisotopic (exact) mass is 300 g/mol. The van der Waals surface area contributed by atoms with Crippen LogP contribution in [0.5, 0.6) is 5.75 Å². The Labute approximate surface area is 119 Å². The summed E-state index contributed by atoms with van der Waals surface area (Å²) in [7, 11) is 0. The Kier molecular flexibility index (Phi) is 4.22. The average molecular weight is 300 g/mol. The van der Waals surface area contributed by atoms with Gasteiger partial charge in [-0.1, -0.05) is 18.2 Å². The maximum absolute atomic E-state index is 12.4. The summed E-state index contributed by atoms with van der Waals surface area (Å²) in [4.78, 5) is 0. The number of aliphatic hydroxyl groups excluding tert-OH is 1. The van der Waals surface area contributed by atoms with E-state index in [9.17, 15) is 18.3 Å². The van der Waals surface area contributed by atoms with Gasteiger partial charge in [0.2, 0.25) is 0 Å². The van der Waals surface area contributed by atoms with Crippen LogP contribution in [0.1, 0.15) is 37.1 Å². The van der Waals surface area contributed by atoms with E-state index < -0.39 is 18.2 Å². The topological polar surface area (TPSA) is 47.3 Å². The first-order valence-electron chi connectivity index (χ1n) is 6.34. The van der Waals surface area contributed by atoms with Crippen molar-refractivity contribution in [3.05, 3.63) is 47.8 Å². The number of benzene rings is 1. The summed E-state index contributed by atoms with van der Waals surface area (Å²) in [6, 6.07) is 5.59. The number of rotatable bonds is 4. The van der Waals surface area contributed by atoms with Gasteiger partial charge < -0.3 is 9.84 Å². The molecule has 1 heterocycles. The molecule has 0 aliphatic carbocycles. The zero-order valence-electron chi connectivity index (χ0n) is 11.5. The van der Waals surface area contributed by atoms with Gasteiger partial charge in [-0.15, -0.1) is 13.2 Å². The molecular formula is C14H15F3N2O2. The summed E-state index contributed by atoms with van der Waals surface area (Å²) < 4.78 is 42.7. The van der Waals surface area contributed by atoms with Crippen molar-refractivity contribution in [2.75, 3.05) is 0 Å². The van der Waals surface area contributed by atoms with Crippen LogP contribution in [-0.4, -0.2) is 21.2 Å². The largest absolute Gasteiger partial charge is 0.573 e. The van der Waals surface area contributed by atoms with Crippen molar-refractivity contribution in [2.45, 2.75) is 32.4 Å². The van der Waals surface area contributed by atoms with Gasteiger partial charge in [0.05, 0.1) is 6.20 Å². The smallest absolute Gasteiger partial charge is 0.405 e. The van der Waals surface area contributed by atoms with Crippen molar-refractivity contribution in [3.8, 4) is 5.75 Å². The minimum Gasteiger partial charge on any atom is -0.405 e. The van der Waals surface area contributed by atoms with Gasteiger partial charge in [-0.3, -0.25) is 4.68 Å². The molecule has 0 amide bonds. The average Bonchev–Trinajstić information content (AvgIpc) is 2.86. The molecule has 7 heteroatoms. The van der Waals surface area contributed by atoms with E-state index in [0.717, 1.165) is 0 Å². The molecule has 0 radical (unpaired) electrons. The van der Waals surface area contributed by atoms with Crippen LogP contribution in [-0.2, 0) is 0 Å². The lowest BCUT2D eigenvalue weighted by molar-refractivity contribution is -0.275. The summed E-state index contributed by atoms with van der Waals surface area (Å²) in [5.74, 6) is -0.421. The van der Waals surface area contributed by atoms with Crippen LogP contribution >= 0.6 is 0 Å². The molecule has 0 bridgehead atoms. The Morgan fingerprint density at radius 3 is 2.48 bits per heavy atom. The van der Waals surface area contributed by atoms with Gasteiger partial charge in [-0.05, 0) is 19.9 Å². The number of hydrogen-bond acceptors (Lipinski definition) is 3. The maximum atomic E-state index is 12.4. The minimum absolute atomic E-state index is 0.0399. The second kappa shape index (κ2) is 5.77. The molecular weight excluding hydrogens is 285 g/mol. The highest BCUT2D eigenvalue weighted by molar-refractivity contribution is 5.39. The Morgan fingerprint density at radius 1 is 1.24 bits per heavy atom. The number of hydrogen-bond donors (Lipinski definition) is 1. The lowest BCUT2D eigenvalue weighted by Gasteiger charge is -2.16. The molecule has 1 N–H and O–H groups in total. The van der Waals surface area contributed by atoms with Crippen molar-refractivity contribution in [3.63, 3.8) is 0 Å². The molecule has 1 aromatic carbocycles. The summed E-state index contributed by atoms with van der Waals surface area (Å²) in [5.41, 5.74) is 0.444. The summed E-state index contributed by atoms with van der Waals surface area (Å²) in [5, 5.41) is 14.3. The van der Waals surface area contributed by atoms with Gasteiger partial charge in [0.25, 0.3) is 0 Å². The predicted octanol–water partition coefficient (Wildman–Crippen LogP) is 3.44. The third kappa shape index (κ3) is 3.75. The fraction of sp³-hybridized carbons (Fsp3) is 0.357. The molecule has 0 aliphatic heterocycles. The van der Waals surface area contributed by atoms with E-state index in [1.54, 1.807) is 10.9 Å². The highest BCUT2D eigenvalue weighted by Crippen LogP contribution is 2.33. The fourth-order valence-electron chi connectivity index (χ4n) is 1.88. The fourth-order valence-corrected chi connectivity index (χ4v) is 1.88. The molecule has 4 nitrogen and oxygen atoms in total. The molecule has 0 spiro atoms. The third-order valence-corrected chi connectivity index (χ3v) is 2.91. The second-order valence-corrected chi connectivity index (χ2v) is 4.84. The predicted molar refractivity (Wildman–Crippen MR) is 69.8 cm³/mol. The van der Waals surface area contributed by atoms with Gasteiger partial charge in [0.15, 0.2) is 0 Å². The van der Waals surface area contributed by atoms with Crippen LogP contribution in [0.4, 0.5) is 13.2 Å². The van der Waals surface area contributed by atoms with Crippen LogP contribution in [0.25, 0.3) is 0 Å². The van der Waals surface area contributed by atoms with E-state index in [1.807, 2.05) is 13.8 Å². The molecule has 0 aliphatic rings. The van der Waals surface area contributed by atoms with Crippen LogP contribution in [0.15, 0.2) is 36.7 Å². The van der Waals surface area contributed by atoms with E-state index >= 15 is 0 Å². The quantitative estimate of drug-likeness (QED) is 0.941. The van der Waals surface area contributed by atoms with Crippen LogP contribution in [0, 0.1) is 0 Å². The first-order valence-corrected chi connectivity index (χ1v) is 6.34. The molecule has 1 unspecified atom stereocenters. The molecule has 2 rings (SSSR count). The Hall–Kier alpha value is -2.02. The molecule has 0 fully saturated rings.